The molecule has 0 radical (unpaired) electrons. The van der Waals surface area contributed by atoms with Crippen molar-refractivity contribution in [2.75, 3.05) is 5.32 Å². The summed E-state index contributed by atoms with van der Waals surface area (Å²) in [6.45, 7) is 1.25. The Hall–Kier alpha value is -2.82. The Balaban J connectivity index is 2.08. The first-order valence-electron chi connectivity index (χ1n) is 5.54. The minimum atomic E-state index is -1.19. The third-order valence-corrected chi connectivity index (χ3v) is 3.32. The van der Waals surface area contributed by atoms with E-state index in [1.54, 1.807) is 0 Å². The van der Waals surface area contributed by atoms with Gasteiger partial charge in [0.2, 0.25) is 5.91 Å². The number of carbonyl (C=O) groups is 2. The van der Waals surface area contributed by atoms with Gasteiger partial charge < -0.3 is 10.4 Å². The first-order valence-corrected chi connectivity index (χ1v) is 6.32. The average Bonchev–Trinajstić information content (AvgIpc) is 2.96. The van der Waals surface area contributed by atoms with Crippen molar-refractivity contribution in [3.63, 3.8) is 0 Å². The molecule has 0 saturated carbocycles. The second-order valence-electron chi connectivity index (χ2n) is 3.98. The molecule has 2 rings (SSSR count). The number of anilines is 1. The number of hydrogen-bond donors (Lipinski definition) is 2. The Morgan fingerprint density at radius 1 is 1.57 bits per heavy atom. The zero-order valence-corrected chi connectivity index (χ0v) is 11.5. The highest BCUT2D eigenvalue weighted by Gasteiger charge is 2.19. The quantitative estimate of drug-likeness (QED) is 0.617. The number of aromatic carboxylic acids is 1. The number of nitrogens with zero attached hydrogens (tertiary/aromatic N) is 4. The summed E-state index contributed by atoms with van der Waals surface area (Å²) in [5.74, 6) is -1.74. The SMILES string of the molecule is Cc1nsc(NC(=O)Cn2cc([N+](=O)[O-])cn2)c1C(=O)O. The molecule has 0 unspecified atom stereocenters. The molecule has 0 spiro atoms. The molecular weight excluding hydrogens is 302 g/mol. The minimum absolute atomic E-state index is 0.0696. The van der Waals surface area contributed by atoms with E-state index in [0.717, 1.165) is 28.6 Å². The summed E-state index contributed by atoms with van der Waals surface area (Å²) in [6.07, 6.45) is 2.13. The maximum atomic E-state index is 11.8. The zero-order valence-electron chi connectivity index (χ0n) is 10.6. The molecule has 0 aromatic carbocycles. The molecule has 0 aliphatic carbocycles. The molecule has 10 nitrogen and oxygen atoms in total. The fourth-order valence-electron chi connectivity index (χ4n) is 1.55. The monoisotopic (exact) mass is 311 g/mol. The van der Waals surface area contributed by atoms with E-state index in [0.29, 0.717) is 5.69 Å². The van der Waals surface area contributed by atoms with Crippen molar-refractivity contribution in [1.82, 2.24) is 14.2 Å². The van der Waals surface area contributed by atoms with Crippen LogP contribution in [0.2, 0.25) is 0 Å². The van der Waals surface area contributed by atoms with Gasteiger partial charge in [0.25, 0.3) is 0 Å². The number of rotatable bonds is 5. The van der Waals surface area contributed by atoms with Gasteiger partial charge in [0.1, 0.15) is 29.5 Å². The smallest absolute Gasteiger partial charge is 0.340 e. The molecule has 0 saturated heterocycles. The Bertz CT molecular complexity index is 721. The van der Waals surface area contributed by atoms with Crippen LogP contribution in [-0.4, -0.2) is 36.1 Å². The number of nitro groups is 1. The molecule has 21 heavy (non-hydrogen) atoms. The summed E-state index contributed by atoms with van der Waals surface area (Å²) in [4.78, 5) is 32.7. The number of carbonyl (C=O) groups excluding carboxylic acids is 1. The third kappa shape index (κ3) is 3.20. The second kappa shape index (κ2) is 5.66. The lowest BCUT2D eigenvalue weighted by molar-refractivity contribution is -0.385. The second-order valence-corrected chi connectivity index (χ2v) is 4.75. The van der Waals surface area contributed by atoms with Crippen LogP contribution in [0, 0.1) is 17.0 Å². The van der Waals surface area contributed by atoms with Crippen molar-refractivity contribution >= 4 is 34.1 Å². The van der Waals surface area contributed by atoms with Crippen LogP contribution in [0.1, 0.15) is 16.1 Å². The van der Waals surface area contributed by atoms with Crippen LogP contribution in [0.5, 0.6) is 0 Å². The van der Waals surface area contributed by atoms with Crippen LogP contribution in [-0.2, 0) is 11.3 Å². The van der Waals surface area contributed by atoms with Crippen LogP contribution in [0.15, 0.2) is 12.4 Å². The lowest BCUT2D eigenvalue weighted by Crippen LogP contribution is -2.19. The van der Waals surface area contributed by atoms with Gasteiger partial charge in [-0.3, -0.25) is 19.6 Å². The largest absolute Gasteiger partial charge is 0.478 e. The van der Waals surface area contributed by atoms with Crippen molar-refractivity contribution < 1.29 is 19.6 Å². The summed E-state index contributed by atoms with van der Waals surface area (Å²) < 4.78 is 4.94. The summed E-state index contributed by atoms with van der Waals surface area (Å²) in [7, 11) is 0. The molecule has 0 aliphatic heterocycles. The highest BCUT2D eigenvalue weighted by molar-refractivity contribution is 7.11. The van der Waals surface area contributed by atoms with E-state index in [2.05, 4.69) is 14.8 Å². The number of aromatic nitrogens is 3. The maximum absolute atomic E-state index is 11.8. The standard InChI is InChI=1S/C10H9N5O5S/c1-5-8(10(17)18)9(21-13-5)12-7(16)4-14-3-6(2-11-14)15(19)20/h2-3H,4H2,1H3,(H,12,16)(H,17,18). The molecule has 1 amide bonds. The predicted octanol–water partition coefficient (Wildman–Crippen LogP) is 0.893. The van der Waals surface area contributed by atoms with E-state index in [4.69, 9.17) is 5.11 Å². The lowest BCUT2D eigenvalue weighted by atomic mass is 10.2. The van der Waals surface area contributed by atoms with E-state index >= 15 is 0 Å². The van der Waals surface area contributed by atoms with E-state index < -0.39 is 16.8 Å². The van der Waals surface area contributed by atoms with E-state index in [1.807, 2.05) is 0 Å². The van der Waals surface area contributed by atoms with Gasteiger partial charge in [-0.05, 0) is 18.5 Å². The van der Waals surface area contributed by atoms with Crippen molar-refractivity contribution in [1.29, 1.82) is 0 Å². The summed E-state index contributed by atoms with van der Waals surface area (Å²) in [6, 6.07) is 0. The fraction of sp³-hybridized carbons (Fsp3) is 0.200. The van der Waals surface area contributed by atoms with Gasteiger partial charge in [-0.1, -0.05) is 0 Å². The molecule has 2 aromatic heterocycles. The van der Waals surface area contributed by atoms with Gasteiger partial charge >= 0.3 is 11.7 Å². The van der Waals surface area contributed by atoms with Gasteiger partial charge in [0.05, 0.1) is 10.6 Å². The van der Waals surface area contributed by atoms with E-state index in [-0.39, 0.29) is 22.8 Å². The Kier molecular flexibility index (Phi) is 3.93. The van der Waals surface area contributed by atoms with Crippen LogP contribution >= 0.6 is 11.5 Å². The summed E-state index contributed by atoms with van der Waals surface area (Å²) in [5.41, 5.74) is -0.0000161. The first kappa shape index (κ1) is 14.6. The molecular formula is C10H9N5O5S. The Labute approximate surface area is 121 Å². The number of nitrogens with one attached hydrogen (secondary N) is 1. The number of amides is 1. The zero-order chi connectivity index (χ0) is 15.6. The molecule has 110 valence electrons. The van der Waals surface area contributed by atoms with Crippen LogP contribution in [0.3, 0.4) is 0 Å². The lowest BCUT2D eigenvalue weighted by Gasteiger charge is -2.03. The molecule has 0 atom stereocenters. The summed E-state index contributed by atoms with van der Waals surface area (Å²) >= 11 is 0.853. The van der Waals surface area contributed by atoms with Crippen LogP contribution in [0.25, 0.3) is 0 Å². The molecule has 2 N–H and O–H groups in total. The predicted molar refractivity (Wildman–Crippen MR) is 71.3 cm³/mol. The Morgan fingerprint density at radius 3 is 2.86 bits per heavy atom. The fourth-order valence-corrected chi connectivity index (χ4v) is 2.36. The molecule has 11 heteroatoms. The van der Waals surface area contributed by atoms with Gasteiger partial charge in [-0.2, -0.15) is 9.47 Å². The topological polar surface area (TPSA) is 140 Å². The molecule has 0 aliphatic rings. The number of aryl methyl sites for hydroxylation is 1. The van der Waals surface area contributed by atoms with Gasteiger partial charge in [-0.15, -0.1) is 0 Å². The molecule has 0 fully saturated rings. The molecule has 2 heterocycles. The van der Waals surface area contributed by atoms with Gasteiger partial charge in [-0.25, -0.2) is 4.79 Å². The highest BCUT2D eigenvalue weighted by atomic mass is 32.1. The maximum Gasteiger partial charge on any atom is 0.340 e. The van der Waals surface area contributed by atoms with E-state index in [1.165, 1.54) is 6.92 Å². The number of carboxylic acid groups (broad SMARTS) is 1. The van der Waals surface area contributed by atoms with E-state index in [9.17, 15) is 19.7 Å². The number of carboxylic acids is 1. The Morgan fingerprint density at radius 2 is 2.29 bits per heavy atom. The molecule has 2 aromatic rings. The van der Waals surface area contributed by atoms with Crippen molar-refractivity contribution in [2.24, 2.45) is 0 Å². The third-order valence-electron chi connectivity index (χ3n) is 2.47. The van der Waals surface area contributed by atoms with Crippen molar-refractivity contribution in [3.8, 4) is 0 Å². The van der Waals surface area contributed by atoms with Gasteiger partial charge in [0.15, 0.2) is 0 Å². The first-order chi connectivity index (χ1) is 9.88. The minimum Gasteiger partial charge on any atom is -0.478 e. The molecule has 0 bridgehead atoms. The van der Waals surface area contributed by atoms with Crippen LogP contribution < -0.4 is 5.32 Å². The van der Waals surface area contributed by atoms with Crippen LogP contribution in [0.4, 0.5) is 10.7 Å². The van der Waals surface area contributed by atoms with Crippen molar-refractivity contribution in [2.45, 2.75) is 13.5 Å². The summed E-state index contributed by atoms with van der Waals surface area (Å²) in [5, 5.41) is 25.7. The van der Waals surface area contributed by atoms with Crippen molar-refractivity contribution in [3.05, 3.63) is 33.8 Å². The number of hydrogen-bond acceptors (Lipinski definition) is 7. The normalized spacial score (nSPS) is 10.3. The van der Waals surface area contributed by atoms with Gasteiger partial charge in [0, 0.05) is 0 Å². The average molecular weight is 311 g/mol. The highest BCUT2D eigenvalue weighted by Crippen LogP contribution is 2.24.